The Morgan fingerprint density at radius 3 is 2.10 bits per heavy atom. The van der Waals surface area contributed by atoms with Gasteiger partial charge in [-0.3, -0.25) is 9.69 Å². The fourth-order valence-corrected chi connectivity index (χ4v) is 6.83. The van der Waals surface area contributed by atoms with Crippen molar-refractivity contribution in [3.05, 3.63) is 126 Å². The predicted molar refractivity (Wildman–Crippen MR) is 157 cm³/mol. The van der Waals surface area contributed by atoms with Crippen LogP contribution in [-0.2, 0) is 22.3 Å². The third kappa shape index (κ3) is 7.16. The smallest absolute Gasteiger partial charge is 0.255 e. The van der Waals surface area contributed by atoms with Gasteiger partial charge in [-0.15, -0.1) is 11.8 Å². The van der Waals surface area contributed by atoms with Crippen LogP contribution in [0, 0.1) is 0 Å². The standard InChI is InChI=1S/C31H31N3O3S2/c35-31(32-28-16-14-25(15-17-28)24-38-29-10-3-1-4-11-29)27-9-7-8-26(22-27)23-33-18-20-34(21-19-33)39(36,37)30-12-5-2-6-13-30/h1-17,22H,18-21,23-24H2,(H,32,35). The van der Waals surface area contributed by atoms with Gasteiger partial charge in [0.2, 0.25) is 10.0 Å². The Bertz CT molecular complexity index is 1490. The predicted octanol–water partition coefficient (Wildman–Crippen LogP) is 5.74. The second kappa shape index (κ2) is 12.6. The first kappa shape index (κ1) is 27.1. The van der Waals surface area contributed by atoms with E-state index in [0.717, 1.165) is 17.0 Å². The normalized spacial score (nSPS) is 14.7. The van der Waals surface area contributed by atoms with Gasteiger partial charge in [0.15, 0.2) is 0 Å². The number of thioether (sulfide) groups is 1. The van der Waals surface area contributed by atoms with E-state index in [9.17, 15) is 13.2 Å². The number of anilines is 1. The van der Waals surface area contributed by atoms with Crippen molar-refractivity contribution < 1.29 is 13.2 Å². The average molecular weight is 558 g/mol. The summed E-state index contributed by atoms with van der Waals surface area (Å²) in [4.78, 5) is 16.7. The van der Waals surface area contributed by atoms with Crippen molar-refractivity contribution in [2.45, 2.75) is 22.1 Å². The van der Waals surface area contributed by atoms with Crippen LogP contribution in [0.25, 0.3) is 0 Å². The van der Waals surface area contributed by atoms with Crippen molar-refractivity contribution in [3.63, 3.8) is 0 Å². The van der Waals surface area contributed by atoms with Gasteiger partial charge in [0.1, 0.15) is 0 Å². The highest BCUT2D eigenvalue weighted by molar-refractivity contribution is 7.98. The van der Waals surface area contributed by atoms with Gasteiger partial charge in [0.05, 0.1) is 4.90 Å². The second-order valence-corrected chi connectivity index (χ2v) is 12.4. The van der Waals surface area contributed by atoms with Gasteiger partial charge in [0.25, 0.3) is 5.91 Å². The number of carbonyl (C=O) groups is 1. The molecule has 0 aromatic heterocycles. The maximum atomic E-state index is 12.9. The molecule has 0 unspecified atom stereocenters. The lowest BCUT2D eigenvalue weighted by Gasteiger charge is -2.34. The Hall–Kier alpha value is -3.43. The summed E-state index contributed by atoms with van der Waals surface area (Å²) < 4.78 is 27.3. The van der Waals surface area contributed by atoms with Gasteiger partial charge in [0, 0.05) is 54.6 Å². The van der Waals surface area contributed by atoms with E-state index >= 15 is 0 Å². The fraction of sp³-hybridized carbons (Fsp3) is 0.194. The maximum absolute atomic E-state index is 12.9. The van der Waals surface area contributed by atoms with Crippen molar-refractivity contribution in [2.75, 3.05) is 31.5 Å². The van der Waals surface area contributed by atoms with Crippen LogP contribution in [0.3, 0.4) is 0 Å². The summed E-state index contributed by atoms with van der Waals surface area (Å²) in [6.45, 7) is 2.82. The number of benzene rings is 4. The Balaban J connectivity index is 1.13. The summed E-state index contributed by atoms with van der Waals surface area (Å²) in [6, 6.07) is 34.4. The molecule has 1 heterocycles. The minimum Gasteiger partial charge on any atom is -0.322 e. The molecule has 1 aliphatic rings. The zero-order chi connectivity index (χ0) is 27.1. The summed E-state index contributed by atoms with van der Waals surface area (Å²) in [7, 11) is -3.47. The summed E-state index contributed by atoms with van der Waals surface area (Å²) in [5.41, 5.74) is 3.58. The van der Waals surface area contributed by atoms with E-state index in [1.165, 1.54) is 10.5 Å². The maximum Gasteiger partial charge on any atom is 0.255 e. The average Bonchev–Trinajstić information content (AvgIpc) is 2.98. The third-order valence-corrected chi connectivity index (χ3v) is 9.66. The van der Waals surface area contributed by atoms with Gasteiger partial charge in [-0.2, -0.15) is 4.31 Å². The number of piperazine rings is 1. The molecule has 1 aliphatic heterocycles. The van der Waals surface area contributed by atoms with E-state index in [2.05, 4.69) is 22.3 Å². The van der Waals surface area contributed by atoms with Gasteiger partial charge in [-0.05, 0) is 59.7 Å². The Morgan fingerprint density at radius 1 is 0.744 bits per heavy atom. The minimum absolute atomic E-state index is 0.151. The molecule has 0 aliphatic carbocycles. The molecule has 6 nitrogen and oxygen atoms in total. The minimum atomic E-state index is -3.47. The monoisotopic (exact) mass is 557 g/mol. The lowest BCUT2D eigenvalue weighted by molar-refractivity contribution is 0.102. The van der Waals surface area contributed by atoms with Crippen LogP contribution < -0.4 is 5.32 Å². The number of nitrogens with zero attached hydrogens (tertiary/aromatic N) is 2. The van der Waals surface area contributed by atoms with Gasteiger partial charge in [-0.25, -0.2) is 8.42 Å². The molecular formula is C31H31N3O3S2. The molecule has 1 fully saturated rings. The third-order valence-electron chi connectivity index (χ3n) is 6.67. The largest absolute Gasteiger partial charge is 0.322 e. The SMILES string of the molecule is O=C(Nc1ccc(CSc2ccccc2)cc1)c1cccc(CN2CCN(S(=O)(=O)c3ccccc3)CC2)c1. The summed E-state index contributed by atoms with van der Waals surface area (Å²) in [5.74, 6) is 0.717. The summed E-state index contributed by atoms with van der Waals surface area (Å²) >= 11 is 1.78. The molecule has 200 valence electrons. The van der Waals surface area contributed by atoms with Crippen LogP contribution in [0.5, 0.6) is 0 Å². The van der Waals surface area contributed by atoms with Crippen molar-refractivity contribution in [2.24, 2.45) is 0 Å². The molecule has 4 aromatic carbocycles. The van der Waals surface area contributed by atoms with Crippen LogP contribution in [-0.4, -0.2) is 49.7 Å². The van der Waals surface area contributed by atoms with Crippen LogP contribution in [0.1, 0.15) is 21.5 Å². The topological polar surface area (TPSA) is 69.7 Å². The van der Waals surface area contributed by atoms with Crippen LogP contribution in [0.2, 0.25) is 0 Å². The van der Waals surface area contributed by atoms with Crippen molar-refractivity contribution in [1.29, 1.82) is 0 Å². The van der Waals surface area contributed by atoms with Crippen LogP contribution in [0.4, 0.5) is 5.69 Å². The molecule has 4 aromatic rings. The molecule has 1 saturated heterocycles. The first-order valence-corrected chi connectivity index (χ1v) is 15.3. The molecule has 1 N–H and O–H groups in total. The van der Waals surface area contributed by atoms with E-state index in [1.807, 2.05) is 72.8 Å². The molecule has 5 rings (SSSR count). The lowest BCUT2D eigenvalue weighted by atomic mass is 10.1. The number of hydrogen-bond donors (Lipinski definition) is 1. The second-order valence-electron chi connectivity index (χ2n) is 9.45. The van der Waals surface area contributed by atoms with Crippen LogP contribution >= 0.6 is 11.8 Å². The Kier molecular flexibility index (Phi) is 8.78. The quantitative estimate of drug-likeness (QED) is 0.266. The zero-order valence-electron chi connectivity index (χ0n) is 21.6. The molecule has 0 atom stereocenters. The van der Waals surface area contributed by atoms with E-state index in [1.54, 1.807) is 40.3 Å². The molecule has 0 bridgehead atoms. The molecule has 0 radical (unpaired) electrons. The van der Waals surface area contributed by atoms with Gasteiger partial charge < -0.3 is 5.32 Å². The highest BCUT2D eigenvalue weighted by Crippen LogP contribution is 2.23. The molecule has 1 amide bonds. The Labute approximate surface area is 234 Å². The summed E-state index contributed by atoms with van der Waals surface area (Å²) in [6.07, 6.45) is 0. The highest BCUT2D eigenvalue weighted by Gasteiger charge is 2.28. The number of sulfonamides is 1. The number of carbonyl (C=O) groups excluding carboxylic acids is 1. The summed E-state index contributed by atoms with van der Waals surface area (Å²) in [5, 5.41) is 3.00. The van der Waals surface area contributed by atoms with E-state index in [0.29, 0.717) is 43.2 Å². The highest BCUT2D eigenvalue weighted by atomic mass is 32.2. The van der Waals surface area contributed by atoms with E-state index in [-0.39, 0.29) is 5.91 Å². The molecule has 0 spiro atoms. The van der Waals surface area contributed by atoms with Crippen molar-refractivity contribution in [1.82, 2.24) is 9.21 Å². The first-order valence-electron chi connectivity index (χ1n) is 12.9. The van der Waals surface area contributed by atoms with Crippen LogP contribution in [0.15, 0.2) is 119 Å². The number of nitrogens with one attached hydrogen (secondary N) is 1. The number of amides is 1. The zero-order valence-corrected chi connectivity index (χ0v) is 23.2. The molecule has 8 heteroatoms. The Morgan fingerprint density at radius 2 is 1.41 bits per heavy atom. The molecule has 39 heavy (non-hydrogen) atoms. The van der Waals surface area contributed by atoms with Crippen molar-refractivity contribution in [3.8, 4) is 0 Å². The number of rotatable bonds is 9. The van der Waals surface area contributed by atoms with Gasteiger partial charge in [-0.1, -0.05) is 60.7 Å². The van der Waals surface area contributed by atoms with E-state index < -0.39 is 10.0 Å². The van der Waals surface area contributed by atoms with Gasteiger partial charge >= 0.3 is 0 Å². The fourth-order valence-electron chi connectivity index (χ4n) is 4.51. The lowest BCUT2D eigenvalue weighted by Crippen LogP contribution is -2.48. The number of hydrogen-bond acceptors (Lipinski definition) is 5. The van der Waals surface area contributed by atoms with E-state index in [4.69, 9.17) is 0 Å². The van der Waals surface area contributed by atoms with Crippen molar-refractivity contribution >= 4 is 33.4 Å². The molecular weight excluding hydrogens is 526 g/mol. The first-order chi connectivity index (χ1) is 19.0. The molecule has 0 saturated carbocycles.